The molecule has 0 aromatic carbocycles. The summed E-state index contributed by atoms with van der Waals surface area (Å²) in [7, 11) is 1.90. The smallest absolute Gasteiger partial charge is 0.266 e. The van der Waals surface area contributed by atoms with E-state index in [0.29, 0.717) is 11.3 Å². The first-order valence-corrected chi connectivity index (χ1v) is 6.59. The number of terminal acetylenes is 1. The molecule has 6 heteroatoms. The molecule has 5 nitrogen and oxygen atoms in total. The number of carbonyl (C=O) groups is 1. The lowest BCUT2D eigenvalue weighted by atomic mass is 10.2. The zero-order chi connectivity index (χ0) is 13.7. The van der Waals surface area contributed by atoms with Gasteiger partial charge < -0.3 is 16.0 Å². The molecule has 1 aromatic heterocycles. The summed E-state index contributed by atoms with van der Waals surface area (Å²) < 4.78 is 0. The van der Waals surface area contributed by atoms with Crippen LogP contribution in [0.3, 0.4) is 0 Å². The Labute approximate surface area is 111 Å². The van der Waals surface area contributed by atoms with Crippen molar-refractivity contribution in [3.8, 4) is 12.3 Å². The maximum atomic E-state index is 12.0. The van der Waals surface area contributed by atoms with Crippen molar-refractivity contribution in [1.82, 2.24) is 10.3 Å². The fourth-order valence-electron chi connectivity index (χ4n) is 1.27. The Balaban J connectivity index is 2.87. The second-order valence-electron chi connectivity index (χ2n) is 3.83. The van der Waals surface area contributed by atoms with Crippen LogP contribution in [0.5, 0.6) is 0 Å². The van der Waals surface area contributed by atoms with Crippen molar-refractivity contribution < 1.29 is 4.79 Å². The number of hydrogen-bond donors (Lipinski definition) is 2. The summed E-state index contributed by atoms with van der Waals surface area (Å²) in [6.07, 6.45) is 5.99. The van der Waals surface area contributed by atoms with Gasteiger partial charge in [-0.2, -0.15) is 0 Å². The molecule has 1 aromatic rings. The standard InChI is InChI=1S/C12H18N4OS/c1-5-8(6-2)14-11(17)9-10(13)15-12(18-9)16(4)7-3/h1,8H,6-7,13H2,2-4H3,(H,14,17). The van der Waals surface area contributed by atoms with Crippen molar-refractivity contribution in [2.45, 2.75) is 26.3 Å². The van der Waals surface area contributed by atoms with Crippen LogP contribution in [0.15, 0.2) is 0 Å². The van der Waals surface area contributed by atoms with Crippen LogP contribution in [-0.4, -0.2) is 30.5 Å². The van der Waals surface area contributed by atoms with Gasteiger partial charge in [-0.1, -0.05) is 24.2 Å². The molecule has 0 radical (unpaired) electrons. The summed E-state index contributed by atoms with van der Waals surface area (Å²) in [6, 6.07) is -0.272. The van der Waals surface area contributed by atoms with Crippen LogP contribution >= 0.6 is 11.3 Å². The number of aromatic nitrogens is 1. The molecule has 0 spiro atoms. The Bertz CT molecular complexity index is 463. The molecule has 1 unspecified atom stereocenters. The van der Waals surface area contributed by atoms with Gasteiger partial charge in [0.25, 0.3) is 5.91 Å². The van der Waals surface area contributed by atoms with E-state index < -0.39 is 0 Å². The first-order chi connectivity index (χ1) is 8.53. The zero-order valence-electron chi connectivity index (χ0n) is 10.9. The van der Waals surface area contributed by atoms with Gasteiger partial charge in [0, 0.05) is 13.6 Å². The largest absolute Gasteiger partial charge is 0.382 e. The van der Waals surface area contributed by atoms with Crippen molar-refractivity contribution in [2.75, 3.05) is 24.2 Å². The van der Waals surface area contributed by atoms with Gasteiger partial charge in [0.05, 0.1) is 6.04 Å². The van der Waals surface area contributed by atoms with E-state index in [4.69, 9.17) is 12.2 Å². The van der Waals surface area contributed by atoms with Gasteiger partial charge in [-0.15, -0.1) is 6.42 Å². The Hall–Kier alpha value is -1.74. The molecule has 0 fully saturated rings. The number of nitrogens with one attached hydrogen (secondary N) is 1. The SMILES string of the molecule is C#CC(CC)NC(=O)c1sc(N(C)CC)nc1N. The first kappa shape index (κ1) is 14.3. The fraction of sp³-hybridized carbons (Fsp3) is 0.500. The van der Waals surface area contributed by atoms with E-state index in [1.54, 1.807) is 0 Å². The number of carbonyl (C=O) groups excluding carboxylic acids is 1. The van der Waals surface area contributed by atoms with Gasteiger partial charge in [0.15, 0.2) is 5.13 Å². The minimum absolute atomic E-state index is 0.250. The molecular weight excluding hydrogens is 248 g/mol. The summed E-state index contributed by atoms with van der Waals surface area (Å²) in [5.74, 6) is 2.50. The number of rotatable bonds is 5. The summed E-state index contributed by atoms with van der Waals surface area (Å²) >= 11 is 1.27. The quantitative estimate of drug-likeness (QED) is 0.789. The number of hydrogen-bond acceptors (Lipinski definition) is 5. The molecular formula is C12H18N4OS. The third kappa shape index (κ3) is 3.14. The van der Waals surface area contributed by atoms with Gasteiger partial charge in [-0.3, -0.25) is 4.79 Å². The minimum atomic E-state index is -0.272. The highest BCUT2D eigenvalue weighted by Gasteiger charge is 2.19. The Kier molecular flexibility index (Phi) is 4.98. The number of thiazole rings is 1. The molecule has 3 N–H and O–H groups in total. The van der Waals surface area contributed by atoms with Gasteiger partial charge in [0.1, 0.15) is 10.7 Å². The summed E-state index contributed by atoms with van der Waals surface area (Å²) in [6.45, 7) is 4.72. The zero-order valence-corrected chi connectivity index (χ0v) is 11.7. The van der Waals surface area contributed by atoms with Crippen LogP contribution in [0.1, 0.15) is 29.9 Å². The average molecular weight is 266 g/mol. The highest BCUT2D eigenvalue weighted by atomic mass is 32.1. The normalized spacial score (nSPS) is 11.7. The summed E-state index contributed by atoms with van der Waals surface area (Å²) in [5, 5.41) is 3.47. The lowest BCUT2D eigenvalue weighted by Crippen LogP contribution is -2.33. The maximum absolute atomic E-state index is 12.0. The van der Waals surface area contributed by atoms with E-state index in [-0.39, 0.29) is 17.8 Å². The van der Waals surface area contributed by atoms with Gasteiger partial charge in [-0.05, 0) is 13.3 Å². The number of nitrogens with zero attached hydrogens (tertiary/aromatic N) is 2. The van der Waals surface area contributed by atoms with Crippen LogP contribution in [0, 0.1) is 12.3 Å². The van der Waals surface area contributed by atoms with Crippen molar-refractivity contribution >= 4 is 28.2 Å². The number of nitrogens with two attached hydrogens (primary N) is 1. The lowest BCUT2D eigenvalue weighted by molar-refractivity contribution is 0.0950. The van der Waals surface area contributed by atoms with E-state index >= 15 is 0 Å². The fourth-order valence-corrected chi connectivity index (χ4v) is 2.18. The second kappa shape index (κ2) is 6.26. The first-order valence-electron chi connectivity index (χ1n) is 5.77. The highest BCUT2D eigenvalue weighted by Crippen LogP contribution is 2.27. The van der Waals surface area contributed by atoms with E-state index in [2.05, 4.69) is 16.2 Å². The number of anilines is 2. The highest BCUT2D eigenvalue weighted by molar-refractivity contribution is 7.18. The molecule has 0 aliphatic heterocycles. The third-order valence-corrected chi connectivity index (χ3v) is 3.75. The van der Waals surface area contributed by atoms with Crippen molar-refractivity contribution in [1.29, 1.82) is 0 Å². The molecule has 1 atom stereocenters. The predicted molar refractivity (Wildman–Crippen MR) is 75.8 cm³/mol. The average Bonchev–Trinajstić information content (AvgIpc) is 2.76. The molecule has 0 saturated carbocycles. The molecule has 0 aliphatic rings. The second-order valence-corrected chi connectivity index (χ2v) is 4.80. The van der Waals surface area contributed by atoms with Gasteiger partial charge in [-0.25, -0.2) is 4.98 Å². The van der Waals surface area contributed by atoms with E-state index in [9.17, 15) is 4.79 Å². The third-order valence-electron chi connectivity index (χ3n) is 2.56. The van der Waals surface area contributed by atoms with Crippen LogP contribution in [-0.2, 0) is 0 Å². The maximum Gasteiger partial charge on any atom is 0.266 e. The predicted octanol–water partition coefficient (Wildman–Crippen LogP) is 1.32. The van der Waals surface area contributed by atoms with E-state index in [1.165, 1.54) is 11.3 Å². The molecule has 18 heavy (non-hydrogen) atoms. The lowest BCUT2D eigenvalue weighted by Gasteiger charge is -2.11. The molecule has 0 bridgehead atoms. The number of nitrogen functional groups attached to an aromatic ring is 1. The van der Waals surface area contributed by atoms with Crippen LogP contribution in [0.25, 0.3) is 0 Å². The molecule has 1 amide bonds. The monoisotopic (exact) mass is 266 g/mol. The topological polar surface area (TPSA) is 71.2 Å². The van der Waals surface area contributed by atoms with Gasteiger partial charge >= 0.3 is 0 Å². The van der Waals surface area contributed by atoms with E-state index in [1.807, 2.05) is 25.8 Å². The van der Waals surface area contributed by atoms with Crippen molar-refractivity contribution in [3.63, 3.8) is 0 Å². The molecule has 0 saturated heterocycles. The van der Waals surface area contributed by atoms with Crippen LogP contribution < -0.4 is 16.0 Å². The summed E-state index contributed by atoms with van der Waals surface area (Å²) in [4.78, 5) is 18.5. The molecule has 1 rings (SSSR count). The summed E-state index contributed by atoms with van der Waals surface area (Å²) in [5.41, 5.74) is 5.75. The van der Waals surface area contributed by atoms with Crippen LogP contribution in [0.2, 0.25) is 0 Å². The minimum Gasteiger partial charge on any atom is -0.382 e. The molecule has 1 heterocycles. The Morgan fingerprint density at radius 1 is 1.67 bits per heavy atom. The van der Waals surface area contributed by atoms with Crippen LogP contribution in [0.4, 0.5) is 10.9 Å². The van der Waals surface area contributed by atoms with Crippen molar-refractivity contribution in [3.05, 3.63) is 4.88 Å². The molecule has 98 valence electrons. The van der Waals surface area contributed by atoms with Gasteiger partial charge in [0.2, 0.25) is 0 Å². The van der Waals surface area contributed by atoms with E-state index in [0.717, 1.165) is 11.7 Å². The molecule has 0 aliphatic carbocycles. The number of amides is 1. The Morgan fingerprint density at radius 3 is 2.83 bits per heavy atom. The Morgan fingerprint density at radius 2 is 2.33 bits per heavy atom. The van der Waals surface area contributed by atoms with Crippen molar-refractivity contribution in [2.24, 2.45) is 0 Å².